The van der Waals surface area contributed by atoms with Crippen LogP contribution in [0.25, 0.3) is 16.6 Å². The number of hydrogen-bond donors (Lipinski definition) is 2. The number of ether oxygens (including phenoxy) is 1. The fraction of sp³-hybridized carbons (Fsp3) is 0.125. The standard InChI is InChI=1S/C24H21N3O4/c1-15(18-10-6-7-11-21(18)31-2)25-22(28)16-12-13-19-20(14-16)26-24(30)27(23(19)29)17-8-4-3-5-9-17/h3-15H,1-2H3,(H,25,28)(H,26,30)/t15-/m1/s1. The lowest BCUT2D eigenvalue weighted by Gasteiger charge is -2.17. The van der Waals surface area contributed by atoms with Gasteiger partial charge in [0.1, 0.15) is 5.75 Å². The van der Waals surface area contributed by atoms with E-state index in [-0.39, 0.29) is 11.9 Å². The average molecular weight is 415 g/mol. The molecule has 4 rings (SSSR count). The van der Waals surface area contributed by atoms with Gasteiger partial charge in [0.2, 0.25) is 0 Å². The number of hydrogen-bond acceptors (Lipinski definition) is 4. The van der Waals surface area contributed by atoms with Crippen molar-refractivity contribution in [2.24, 2.45) is 0 Å². The number of amides is 1. The third kappa shape index (κ3) is 3.85. The first-order chi connectivity index (χ1) is 15.0. The van der Waals surface area contributed by atoms with Gasteiger partial charge in [0, 0.05) is 11.1 Å². The Labute approximate surface area is 177 Å². The summed E-state index contributed by atoms with van der Waals surface area (Å²) in [5, 5.41) is 3.24. The molecule has 3 aromatic carbocycles. The van der Waals surface area contributed by atoms with E-state index < -0.39 is 11.2 Å². The van der Waals surface area contributed by atoms with E-state index in [1.165, 1.54) is 6.07 Å². The van der Waals surface area contributed by atoms with E-state index in [2.05, 4.69) is 10.3 Å². The van der Waals surface area contributed by atoms with Crippen LogP contribution < -0.4 is 21.3 Å². The molecule has 0 spiro atoms. The Hall–Kier alpha value is -4.13. The molecule has 0 aliphatic rings. The molecule has 0 saturated carbocycles. The minimum Gasteiger partial charge on any atom is -0.496 e. The maximum absolute atomic E-state index is 12.9. The van der Waals surface area contributed by atoms with Gasteiger partial charge in [-0.05, 0) is 43.3 Å². The van der Waals surface area contributed by atoms with E-state index in [0.29, 0.717) is 27.9 Å². The lowest BCUT2D eigenvalue weighted by Crippen LogP contribution is -2.33. The monoisotopic (exact) mass is 415 g/mol. The highest BCUT2D eigenvalue weighted by atomic mass is 16.5. The van der Waals surface area contributed by atoms with Crippen molar-refractivity contribution in [3.63, 3.8) is 0 Å². The summed E-state index contributed by atoms with van der Waals surface area (Å²) in [6, 6.07) is 20.5. The molecule has 0 fully saturated rings. The number of nitrogens with one attached hydrogen (secondary N) is 2. The fourth-order valence-corrected chi connectivity index (χ4v) is 3.55. The summed E-state index contributed by atoms with van der Waals surface area (Å²) in [6.07, 6.45) is 0. The van der Waals surface area contributed by atoms with Crippen molar-refractivity contribution in [1.82, 2.24) is 14.9 Å². The van der Waals surface area contributed by atoms with Gasteiger partial charge < -0.3 is 15.0 Å². The van der Waals surface area contributed by atoms with Gasteiger partial charge in [0.15, 0.2) is 0 Å². The highest BCUT2D eigenvalue weighted by Gasteiger charge is 2.16. The molecule has 7 heteroatoms. The summed E-state index contributed by atoms with van der Waals surface area (Å²) >= 11 is 0. The van der Waals surface area contributed by atoms with Gasteiger partial charge in [-0.25, -0.2) is 9.36 Å². The summed E-state index contributed by atoms with van der Waals surface area (Å²) in [7, 11) is 1.58. The van der Waals surface area contributed by atoms with Crippen molar-refractivity contribution in [3.8, 4) is 11.4 Å². The number of rotatable bonds is 5. The first kappa shape index (κ1) is 20.2. The smallest absolute Gasteiger partial charge is 0.333 e. The molecule has 7 nitrogen and oxygen atoms in total. The molecule has 0 saturated heterocycles. The van der Waals surface area contributed by atoms with E-state index in [9.17, 15) is 14.4 Å². The number of carbonyl (C=O) groups is 1. The number of benzene rings is 3. The van der Waals surface area contributed by atoms with Gasteiger partial charge in [0.05, 0.1) is 29.7 Å². The molecule has 4 aromatic rings. The number of aromatic amines is 1. The zero-order valence-corrected chi connectivity index (χ0v) is 17.1. The molecule has 1 atom stereocenters. The summed E-state index contributed by atoms with van der Waals surface area (Å²) in [5.41, 5.74) is 0.950. The molecule has 2 N–H and O–H groups in total. The van der Waals surface area contributed by atoms with Crippen molar-refractivity contribution >= 4 is 16.8 Å². The Morgan fingerprint density at radius 1 is 1.00 bits per heavy atom. The van der Waals surface area contributed by atoms with Crippen LogP contribution >= 0.6 is 0 Å². The van der Waals surface area contributed by atoms with Crippen molar-refractivity contribution in [2.45, 2.75) is 13.0 Å². The zero-order valence-electron chi connectivity index (χ0n) is 17.1. The molecule has 0 bridgehead atoms. The van der Waals surface area contributed by atoms with Gasteiger partial charge in [-0.1, -0.05) is 36.4 Å². The van der Waals surface area contributed by atoms with E-state index in [1.807, 2.05) is 31.2 Å². The molecule has 1 heterocycles. The van der Waals surface area contributed by atoms with Gasteiger partial charge in [-0.2, -0.15) is 0 Å². The van der Waals surface area contributed by atoms with Gasteiger partial charge >= 0.3 is 5.69 Å². The van der Waals surface area contributed by atoms with Crippen molar-refractivity contribution in [2.75, 3.05) is 7.11 Å². The Balaban J connectivity index is 1.67. The molecular formula is C24H21N3O4. The predicted octanol–water partition coefficient (Wildman–Crippen LogP) is 3.18. The van der Waals surface area contributed by atoms with Crippen LogP contribution in [0.3, 0.4) is 0 Å². The number of fused-ring (bicyclic) bond motifs is 1. The van der Waals surface area contributed by atoms with Crippen LogP contribution in [0.2, 0.25) is 0 Å². The maximum Gasteiger partial charge on any atom is 0.333 e. The first-order valence-corrected chi connectivity index (χ1v) is 9.78. The predicted molar refractivity (Wildman–Crippen MR) is 119 cm³/mol. The minimum atomic E-state index is -0.566. The highest BCUT2D eigenvalue weighted by Crippen LogP contribution is 2.24. The summed E-state index contributed by atoms with van der Waals surface area (Å²) in [6.45, 7) is 1.86. The molecule has 0 aliphatic carbocycles. The number of para-hydroxylation sites is 2. The lowest BCUT2D eigenvalue weighted by molar-refractivity contribution is 0.0939. The van der Waals surface area contributed by atoms with E-state index in [1.54, 1.807) is 49.6 Å². The normalized spacial score (nSPS) is 11.8. The number of carbonyl (C=O) groups excluding carboxylic acids is 1. The van der Waals surface area contributed by atoms with Gasteiger partial charge in [0.25, 0.3) is 11.5 Å². The molecular weight excluding hydrogens is 394 g/mol. The van der Waals surface area contributed by atoms with Crippen LogP contribution in [0.5, 0.6) is 5.75 Å². The van der Waals surface area contributed by atoms with Crippen molar-refractivity contribution in [3.05, 3.63) is 105 Å². The summed E-state index contributed by atoms with van der Waals surface area (Å²) in [4.78, 5) is 41.0. The van der Waals surface area contributed by atoms with Crippen molar-refractivity contribution in [1.29, 1.82) is 0 Å². The third-order valence-corrected chi connectivity index (χ3v) is 5.13. The summed E-state index contributed by atoms with van der Waals surface area (Å²) in [5.74, 6) is 0.355. The third-order valence-electron chi connectivity index (χ3n) is 5.13. The second kappa shape index (κ2) is 8.31. The minimum absolute atomic E-state index is 0.301. The highest BCUT2D eigenvalue weighted by molar-refractivity contribution is 5.97. The first-order valence-electron chi connectivity index (χ1n) is 9.78. The lowest BCUT2D eigenvalue weighted by atomic mass is 10.1. The number of aromatic nitrogens is 2. The quantitative estimate of drug-likeness (QED) is 0.524. The van der Waals surface area contributed by atoms with E-state index in [0.717, 1.165) is 10.1 Å². The van der Waals surface area contributed by atoms with Crippen LogP contribution in [0.1, 0.15) is 28.9 Å². The molecule has 31 heavy (non-hydrogen) atoms. The number of H-pyrrole nitrogens is 1. The molecule has 156 valence electrons. The number of nitrogens with zero attached hydrogens (tertiary/aromatic N) is 1. The van der Waals surface area contributed by atoms with Crippen LogP contribution in [0.15, 0.2) is 82.4 Å². The Kier molecular flexibility index (Phi) is 5.41. The molecule has 0 radical (unpaired) electrons. The second-order valence-electron chi connectivity index (χ2n) is 7.10. The molecule has 0 aliphatic heterocycles. The maximum atomic E-state index is 12.9. The SMILES string of the molecule is COc1ccccc1[C@@H](C)NC(=O)c1ccc2c(=O)n(-c3ccccc3)c(=O)[nH]c2c1. The van der Waals surface area contributed by atoms with Crippen molar-refractivity contribution < 1.29 is 9.53 Å². The summed E-state index contributed by atoms with van der Waals surface area (Å²) < 4.78 is 6.43. The second-order valence-corrected chi connectivity index (χ2v) is 7.10. The van der Waals surface area contributed by atoms with Crippen LogP contribution in [-0.4, -0.2) is 22.6 Å². The van der Waals surface area contributed by atoms with E-state index >= 15 is 0 Å². The van der Waals surface area contributed by atoms with Gasteiger partial charge in [-0.15, -0.1) is 0 Å². The topological polar surface area (TPSA) is 93.2 Å². The Bertz CT molecular complexity index is 1370. The fourth-order valence-electron chi connectivity index (χ4n) is 3.55. The van der Waals surface area contributed by atoms with Gasteiger partial charge in [-0.3, -0.25) is 9.59 Å². The Morgan fingerprint density at radius 2 is 1.71 bits per heavy atom. The number of methoxy groups -OCH3 is 1. The molecule has 0 unspecified atom stereocenters. The van der Waals surface area contributed by atoms with Crippen LogP contribution in [0, 0.1) is 0 Å². The van der Waals surface area contributed by atoms with Crippen LogP contribution in [0.4, 0.5) is 0 Å². The average Bonchev–Trinajstić information content (AvgIpc) is 2.79. The van der Waals surface area contributed by atoms with Crippen LogP contribution in [-0.2, 0) is 0 Å². The Morgan fingerprint density at radius 3 is 2.45 bits per heavy atom. The largest absolute Gasteiger partial charge is 0.496 e. The molecule has 1 aromatic heterocycles. The zero-order chi connectivity index (χ0) is 22.0. The van der Waals surface area contributed by atoms with E-state index in [4.69, 9.17) is 4.74 Å². The molecule has 1 amide bonds.